The van der Waals surface area contributed by atoms with Crippen LogP contribution in [0.15, 0.2) is 18.2 Å². The van der Waals surface area contributed by atoms with Gasteiger partial charge in [-0.05, 0) is 38.8 Å². The highest BCUT2D eigenvalue weighted by Crippen LogP contribution is 2.26. The van der Waals surface area contributed by atoms with E-state index in [1.54, 1.807) is 30.0 Å². The molecule has 6 heteroatoms. The van der Waals surface area contributed by atoms with Gasteiger partial charge in [0.2, 0.25) is 5.91 Å². The highest BCUT2D eigenvalue weighted by atomic mass is 16.2. The van der Waals surface area contributed by atoms with Crippen LogP contribution in [0, 0.1) is 6.92 Å². The number of rotatable bonds is 2. The summed E-state index contributed by atoms with van der Waals surface area (Å²) < 4.78 is 0. The van der Waals surface area contributed by atoms with Crippen LogP contribution in [0.1, 0.15) is 46.0 Å². The van der Waals surface area contributed by atoms with Gasteiger partial charge in [0.15, 0.2) is 0 Å². The number of likely N-dealkylation sites (tertiary alicyclic amines) is 1. The Balaban J connectivity index is 1.81. The topological polar surface area (TPSA) is 83.7 Å². The average molecular weight is 315 g/mol. The molecule has 0 aliphatic carbocycles. The molecule has 1 aromatic carbocycles. The summed E-state index contributed by atoms with van der Waals surface area (Å²) in [4.78, 5) is 40.5. The van der Waals surface area contributed by atoms with Gasteiger partial charge in [-0.3, -0.25) is 19.3 Å². The van der Waals surface area contributed by atoms with Crippen molar-refractivity contribution in [3.05, 3.63) is 34.9 Å². The highest BCUT2D eigenvalue weighted by molar-refractivity contribution is 6.22. The molecule has 0 bridgehead atoms. The number of benzene rings is 1. The molecule has 0 saturated carbocycles. The molecule has 2 heterocycles. The van der Waals surface area contributed by atoms with E-state index in [9.17, 15) is 14.4 Å². The number of hydrogen-bond acceptors (Lipinski definition) is 4. The number of nitrogens with two attached hydrogens (primary N) is 1. The largest absolute Gasteiger partial charge is 0.341 e. The zero-order chi connectivity index (χ0) is 16.7. The van der Waals surface area contributed by atoms with E-state index in [0.29, 0.717) is 24.2 Å². The molecule has 1 atom stereocenters. The zero-order valence-electron chi connectivity index (χ0n) is 13.4. The van der Waals surface area contributed by atoms with E-state index in [-0.39, 0.29) is 23.8 Å². The maximum absolute atomic E-state index is 12.6. The summed E-state index contributed by atoms with van der Waals surface area (Å²) in [6, 6.07) is 4.48. The Morgan fingerprint density at radius 3 is 2.43 bits per heavy atom. The number of imide groups is 1. The van der Waals surface area contributed by atoms with E-state index in [1.807, 2.05) is 6.92 Å². The molecule has 1 aromatic rings. The van der Waals surface area contributed by atoms with Crippen LogP contribution < -0.4 is 5.73 Å². The molecular formula is C17H21N3O3. The summed E-state index contributed by atoms with van der Waals surface area (Å²) in [5.74, 6) is -0.967. The number of nitrogens with zero attached hydrogens (tertiary/aromatic N) is 2. The minimum atomic E-state index is -0.794. The van der Waals surface area contributed by atoms with Gasteiger partial charge in [0.1, 0.15) is 6.04 Å². The predicted molar refractivity (Wildman–Crippen MR) is 84.9 cm³/mol. The van der Waals surface area contributed by atoms with Gasteiger partial charge in [-0.2, -0.15) is 0 Å². The van der Waals surface area contributed by atoms with E-state index in [4.69, 9.17) is 5.73 Å². The highest BCUT2D eigenvalue weighted by Gasteiger charge is 2.42. The lowest BCUT2D eigenvalue weighted by atomic mass is 10.1. The third kappa shape index (κ3) is 2.63. The van der Waals surface area contributed by atoms with Crippen LogP contribution >= 0.6 is 0 Å². The van der Waals surface area contributed by atoms with Gasteiger partial charge in [-0.25, -0.2) is 0 Å². The number of fused-ring (bicyclic) bond motifs is 1. The number of hydrogen-bond donors (Lipinski definition) is 1. The second-order valence-corrected chi connectivity index (χ2v) is 6.37. The third-order valence-electron chi connectivity index (χ3n) is 4.67. The molecule has 2 N–H and O–H groups in total. The molecule has 122 valence electrons. The minimum Gasteiger partial charge on any atom is -0.341 e. The zero-order valence-corrected chi connectivity index (χ0v) is 13.4. The Morgan fingerprint density at radius 2 is 1.78 bits per heavy atom. The van der Waals surface area contributed by atoms with Crippen molar-refractivity contribution in [3.63, 3.8) is 0 Å². The molecule has 3 amide bonds. The van der Waals surface area contributed by atoms with Gasteiger partial charge in [-0.15, -0.1) is 0 Å². The number of aryl methyl sites for hydroxylation is 1. The fourth-order valence-corrected chi connectivity index (χ4v) is 3.22. The molecule has 2 aliphatic rings. The minimum absolute atomic E-state index is 0.122. The van der Waals surface area contributed by atoms with E-state index in [0.717, 1.165) is 23.3 Å². The number of piperidine rings is 1. The van der Waals surface area contributed by atoms with Crippen molar-refractivity contribution in [3.8, 4) is 0 Å². The normalized spacial score (nSPS) is 20.0. The Labute approximate surface area is 135 Å². The first-order valence-corrected chi connectivity index (χ1v) is 7.93. The van der Waals surface area contributed by atoms with Crippen LogP contribution in [0.4, 0.5) is 0 Å². The Morgan fingerprint density at radius 1 is 1.17 bits per heavy atom. The number of carbonyl (C=O) groups is 3. The Kier molecular flexibility index (Phi) is 3.93. The third-order valence-corrected chi connectivity index (χ3v) is 4.67. The maximum Gasteiger partial charge on any atom is 0.262 e. The van der Waals surface area contributed by atoms with Crippen molar-refractivity contribution in [1.29, 1.82) is 0 Å². The van der Waals surface area contributed by atoms with Gasteiger partial charge in [0.25, 0.3) is 11.8 Å². The fraction of sp³-hybridized carbons (Fsp3) is 0.471. The first-order chi connectivity index (χ1) is 10.9. The number of amides is 3. The lowest BCUT2D eigenvalue weighted by Crippen LogP contribution is -2.52. The van der Waals surface area contributed by atoms with Crippen LogP contribution in [-0.4, -0.2) is 52.7 Å². The molecule has 23 heavy (non-hydrogen) atoms. The predicted octanol–water partition coefficient (Wildman–Crippen LogP) is 0.929. The summed E-state index contributed by atoms with van der Waals surface area (Å²) in [5.41, 5.74) is 7.53. The van der Waals surface area contributed by atoms with Crippen LogP contribution in [0.2, 0.25) is 0 Å². The molecule has 1 fully saturated rings. The van der Waals surface area contributed by atoms with Crippen LogP contribution in [-0.2, 0) is 4.79 Å². The van der Waals surface area contributed by atoms with Crippen molar-refractivity contribution >= 4 is 17.7 Å². The van der Waals surface area contributed by atoms with Crippen molar-refractivity contribution in [1.82, 2.24) is 9.80 Å². The summed E-state index contributed by atoms with van der Waals surface area (Å²) in [7, 11) is 0. The SMILES string of the molecule is Cc1ccc2c(c1)C(=O)N(C(C)C(=O)N1CCC(N)CC1)C2=O. The van der Waals surface area contributed by atoms with Crippen molar-refractivity contribution in [2.24, 2.45) is 5.73 Å². The quantitative estimate of drug-likeness (QED) is 0.823. The fourth-order valence-electron chi connectivity index (χ4n) is 3.22. The lowest BCUT2D eigenvalue weighted by molar-refractivity contribution is -0.135. The van der Waals surface area contributed by atoms with Crippen molar-refractivity contribution < 1.29 is 14.4 Å². The average Bonchev–Trinajstić information content (AvgIpc) is 2.77. The summed E-state index contributed by atoms with van der Waals surface area (Å²) in [5, 5.41) is 0. The molecule has 0 aromatic heterocycles. The van der Waals surface area contributed by atoms with Crippen molar-refractivity contribution in [2.45, 2.75) is 38.8 Å². The second kappa shape index (κ2) is 5.77. The smallest absolute Gasteiger partial charge is 0.262 e. The van der Waals surface area contributed by atoms with E-state index < -0.39 is 6.04 Å². The number of carbonyl (C=O) groups excluding carboxylic acids is 3. The lowest BCUT2D eigenvalue weighted by Gasteiger charge is -2.34. The van der Waals surface area contributed by atoms with E-state index in [1.165, 1.54) is 0 Å². The molecule has 0 radical (unpaired) electrons. The van der Waals surface area contributed by atoms with Gasteiger partial charge in [-0.1, -0.05) is 11.6 Å². The summed E-state index contributed by atoms with van der Waals surface area (Å²) in [6.07, 6.45) is 1.50. The molecular weight excluding hydrogens is 294 g/mol. The molecule has 1 saturated heterocycles. The second-order valence-electron chi connectivity index (χ2n) is 6.37. The van der Waals surface area contributed by atoms with Crippen LogP contribution in [0.3, 0.4) is 0 Å². The maximum atomic E-state index is 12.6. The van der Waals surface area contributed by atoms with Crippen LogP contribution in [0.25, 0.3) is 0 Å². The van der Waals surface area contributed by atoms with Gasteiger partial charge in [0, 0.05) is 19.1 Å². The summed E-state index contributed by atoms with van der Waals surface area (Å²) in [6.45, 7) is 4.64. The van der Waals surface area contributed by atoms with Crippen LogP contribution in [0.5, 0.6) is 0 Å². The first-order valence-electron chi connectivity index (χ1n) is 7.93. The van der Waals surface area contributed by atoms with E-state index in [2.05, 4.69) is 0 Å². The Bertz CT molecular complexity index is 678. The van der Waals surface area contributed by atoms with Crippen molar-refractivity contribution in [2.75, 3.05) is 13.1 Å². The van der Waals surface area contributed by atoms with Gasteiger partial charge in [0.05, 0.1) is 11.1 Å². The van der Waals surface area contributed by atoms with E-state index >= 15 is 0 Å². The Hall–Kier alpha value is -2.21. The summed E-state index contributed by atoms with van der Waals surface area (Å²) >= 11 is 0. The molecule has 3 rings (SSSR count). The molecule has 0 spiro atoms. The standard InChI is InChI=1S/C17H21N3O3/c1-10-3-4-13-14(9-10)17(23)20(16(13)22)11(2)15(21)19-7-5-12(18)6-8-19/h3-4,9,11-12H,5-8,18H2,1-2H3. The van der Waals surface area contributed by atoms with Gasteiger partial charge >= 0.3 is 0 Å². The molecule has 1 unspecified atom stereocenters. The molecule has 6 nitrogen and oxygen atoms in total. The molecule has 2 aliphatic heterocycles. The first kappa shape index (κ1) is 15.7. The van der Waals surface area contributed by atoms with Gasteiger partial charge < -0.3 is 10.6 Å². The monoisotopic (exact) mass is 315 g/mol.